The lowest BCUT2D eigenvalue weighted by atomic mass is 10.1. The first-order valence-corrected chi connectivity index (χ1v) is 9.71. The van der Waals surface area contributed by atoms with Crippen LogP contribution in [0.2, 0.25) is 5.28 Å². The normalized spacial score (nSPS) is 14.6. The smallest absolute Gasteiger partial charge is 0.337 e. The van der Waals surface area contributed by atoms with Crippen molar-refractivity contribution in [3.8, 4) is 0 Å². The number of rotatable bonds is 6. The van der Waals surface area contributed by atoms with Crippen LogP contribution in [0.15, 0.2) is 35.3 Å². The van der Waals surface area contributed by atoms with E-state index in [-0.39, 0.29) is 22.7 Å². The molecule has 9 heteroatoms. The van der Waals surface area contributed by atoms with Crippen LogP contribution >= 0.6 is 11.6 Å². The van der Waals surface area contributed by atoms with Crippen LogP contribution in [0.5, 0.6) is 0 Å². The second kappa shape index (κ2) is 7.79. The number of halogens is 1. The average molecular weight is 414 g/mol. The number of hydrogen-bond donors (Lipinski definition) is 1. The quantitative estimate of drug-likeness (QED) is 0.489. The standard InChI is InChI=1S/C20H20ClN5O3/c1-11(13-7-8-13)26-17-15(10-23-20(21)25-17)24-16(18(26)27)22-9-12-3-5-14(6-4-12)19(28)29-2/h3-6,10-11,13H,7-9H2,1-2H3,(H,22,24). The van der Waals surface area contributed by atoms with Crippen LogP contribution < -0.4 is 10.9 Å². The Morgan fingerprint density at radius 3 is 2.69 bits per heavy atom. The molecule has 2 aromatic heterocycles. The number of fused-ring (bicyclic) bond motifs is 1. The van der Waals surface area contributed by atoms with Gasteiger partial charge in [-0.15, -0.1) is 0 Å². The molecule has 0 spiro atoms. The molecule has 1 atom stereocenters. The second-order valence-electron chi connectivity index (χ2n) is 7.10. The molecule has 1 unspecified atom stereocenters. The number of carbonyl (C=O) groups excluding carboxylic acids is 1. The van der Waals surface area contributed by atoms with Gasteiger partial charge >= 0.3 is 5.97 Å². The largest absolute Gasteiger partial charge is 0.465 e. The number of esters is 1. The Balaban J connectivity index is 1.65. The molecule has 4 rings (SSSR count). The maximum atomic E-state index is 13.1. The Morgan fingerprint density at radius 2 is 2.03 bits per heavy atom. The molecule has 0 aliphatic heterocycles. The van der Waals surface area contributed by atoms with E-state index in [1.165, 1.54) is 13.3 Å². The van der Waals surface area contributed by atoms with Gasteiger partial charge < -0.3 is 10.1 Å². The van der Waals surface area contributed by atoms with Gasteiger partial charge in [-0.25, -0.2) is 14.8 Å². The number of methoxy groups -OCH3 is 1. The summed E-state index contributed by atoms with van der Waals surface area (Å²) < 4.78 is 6.36. The Labute approximate surface area is 171 Å². The SMILES string of the molecule is COC(=O)c1ccc(CNc2nc3cnc(Cl)nc3n(C(C)C3CC3)c2=O)cc1. The third-order valence-electron chi connectivity index (χ3n) is 5.15. The average Bonchev–Trinajstić information content (AvgIpc) is 3.57. The molecule has 0 radical (unpaired) electrons. The fourth-order valence-corrected chi connectivity index (χ4v) is 3.45. The van der Waals surface area contributed by atoms with Gasteiger partial charge in [-0.1, -0.05) is 12.1 Å². The Kier molecular flexibility index (Phi) is 5.19. The lowest BCUT2D eigenvalue weighted by Gasteiger charge is -2.18. The van der Waals surface area contributed by atoms with E-state index in [0.717, 1.165) is 18.4 Å². The van der Waals surface area contributed by atoms with Crippen molar-refractivity contribution in [1.29, 1.82) is 0 Å². The highest BCUT2D eigenvalue weighted by atomic mass is 35.5. The summed E-state index contributed by atoms with van der Waals surface area (Å²) in [6, 6.07) is 6.96. The summed E-state index contributed by atoms with van der Waals surface area (Å²) in [5.41, 5.74) is 2.08. The van der Waals surface area contributed by atoms with Gasteiger partial charge in [0.2, 0.25) is 5.28 Å². The van der Waals surface area contributed by atoms with Gasteiger partial charge in [0.25, 0.3) is 5.56 Å². The van der Waals surface area contributed by atoms with Gasteiger partial charge in [0.05, 0.1) is 18.9 Å². The third-order valence-corrected chi connectivity index (χ3v) is 5.33. The number of nitrogens with zero attached hydrogens (tertiary/aromatic N) is 4. The molecule has 1 aromatic carbocycles. The van der Waals surface area contributed by atoms with Gasteiger partial charge in [0.15, 0.2) is 11.5 Å². The molecule has 150 valence electrons. The van der Waals surface area contributed by atoms with Crippen LogP contribution in [0.25, 0.3) is 11.2 Å². The first-order chi connectivity index (χ1) is 14.0. The maximum Gasteiger partial charge on any atom is 0.337 e. The van der Waals surface area contributed by atoms with Gasteiger partial charge in [0, 0.05) is 12.6 Å². The molecule has 1 fully saturated rings. The van der Waals surface area contributed by atoms with Gasteiger partial charge in [-0.3, -0.25) is 9.36 Å². The molecule has 0 amide bonds. The van der Waals surface area contributed by atoms with Crippen molar-refractivity contribution in [2.24, 2.45) is 5.92 Å². The molecule has 1 aliphatic rings. The van der Waals surface area contributed by atoms with Crippen molar-refractivity contribution in [2.75, 3.05) is 12.4 Å². The van der Waals surface area contributed by atoms with Crippen LogP contribution in [-0.4, -0.2) is 32.6 Å². The fourth-order valence-electron chi connectivity index (χ4n) is 3.33. The van der Waals surface area contributed by atoms with E-state index in [2.05, 4.69) is 20.3 Å². The second-order valence-corrected chi connectivity index (χ2v) is 7.44. The van der Waals surface area contributed by atoms with E-state index < -0.39 is 5.97 Å². The van der Waals surface area contributed by atoms with Crippen molar-refractivity contribution in [3.63, 3.8) is 0 Å². The minimum Gasteiger partial charge on any atom is -0.465 e. The summed E-state index contributed by atoms with van der Waals surface area (Å²) in [7, 11) is 1.34. The van der Waals surface area contributed by atoms with Crippen molar-refractivity contribution in [1.82, 2.24) is 19.5 Å². The molecule has 1 N–H and O–H groups in total. The van der Waals surface area contributed by atoms with E-state index in [0.29, 0.717) is 29.2 Å². The minimum absolute atomic E-state index is 0.00106. The van der Waals surface area contributed by atoms with Crippen molar-refractivity contribution in [2.45, 2.75) is 32.4 Å². The molecule has 0 saturated heterocycles. The van der Waals surface area contributed by atoms with E-state index in [1.807, 2.05) is 6.92 Å². The zero-order valence-corrected chi connectivity index (χ0v) is 16.8. The van der Waals surface area contributed by atoms with Crippen LogP contribution in [0.4, 0.5) is 5.82 Å². The third kappa shape index (κ3) is 3.93. The zero-order chi connectivity index (χ0) is 20.5. The monoisotopic (exact) mass is 413 g/mol. The molecular weight excluding hydrogens is 394 g/mol. The molecule has 3 aromatic rings. The van der Waals surface area contributed by atoms with Crippen LogP contribution in [0, 0.1) is 5.92 Å². The Hall–Kier alpha value is -3.00. The summed E-state index contributed by atoms with van der Waals surface area (Å²) in [6.45, 7) is 2.39. The topological polar surface area (TPSA) is 99.0 Å². The highest BCUT2D eigenvalue weighted by molar-refractivity contribution is 6.28. The summed E-state index contributed by atoms with van der Waals surface area (Å²) in [5, 5.41) is 3.19. The van der Waals surface area contributed by atoms with E-state index in [4.69, 9.17) is 16.3 Å². The number of anilines is 1. The van der Waals surface area contributed by atoms with Crippen molar-refractivity contribution >= 4 is 34.6 Å². The van der Waals surface area contributed by atoms with Gasteiger partial charge in [-0.2, -0.15) is 4.98 Å². The van der Waals surface area contributed by atoms with E-state index >= 15 is 0 Å². The van der Waals surface area contributed by atoms with Crippen LogP contribution in [-0.2, 0) is 11.3 Å². The molecule has 2 heterocycles. The van der Waals surface area contributed by atoms with E-state index in [9.17, 15) is 9.59 Å². The molecule has 8 nitrogen and oxygen atoms in total. The maximum absolute atomic E-state index is 13.1. The highest BCUT2D eigenvalue weighted by Crippen LogP contribution is 2.39. The van der Waals surface area contributed by atoms with Gasteiger partial charge in [-0.05, 0) is 55.0 Å². The highest BCUT2D eigenvalue weighted by Gasteiger charge is 2.31. The predicted octanol–water partition coefficient (Wildman–Crippen LogP) is 3.21. The first kappa shape index (κ1) is 19.3. The predicted molar refractivity (Wildman–Crippen MR) is 109 cm³/mol. The lowest BCUT2D eigenvalue weighted by Crippen LogP contribution is -2.29. The zero-order valence-electron chi connectivity index (χ0n) is 16.1. The van der Waals surface area contributed by atoms with Crippen molar-refractivity contribution in [3.05, 3.63) is 57.2 Å². The molecule has 0 bridgehead atoms. The summed E-state index contributed by atoms with van der Waals surface area (Å²) in [5.74, 6) is 0.287. The molecule has 1 saturated carbocycles. The summed E-state index contributed by atoms with van der Waals surface area (Å²) >= 11 is 5.96. The number of aromatic nitrogens is 4. The van der Waals surface area contributed by atoms with Gasteiger partial charge in [0.1, 0.15) is 5.52 Å². The fraction of sp³-hybridized carbons (Fsp3) is 0.350. The molecule has 1 aliphatic carbocycles. The summed E-state index contributed by atoms with van der Waals surface area (Å²) in [6.07, 6.45) is 3.70. The number of ether oxygens (including phenoxy) is 1. The number of carbonyl (C=O) groups is 1. The first-order valence-electron chi connectivity index (χ1n) is 9.34. The van der Waals surface area contributed by atoms with Crippen molar-refractivity contribution < 1.29 is 9.53 Å². The number of hydrogen-bond acceptors (Lipinski definition) is 7. The summed E-state index contributed by atoms with van der Waals surface area (Å²) in [4.78, 5) is 37.3. The molecular formula is C20H20ClN5O3. The Morgan fingerprint density at radius 1 is 1.31 bits per heavy atom. The number of benzene rings is 1. The Bertz CT molecular complexity index is 1130. The van der Waals surface area contributed by atoms with Crippen LogP contribution in [0.1, 0.15) is 41.7 Å². The number of nitrogens with one attached hydrogen (secondary N) is 1. The minimum atomic E-state index is -0.392. The lowest BCUT2D eigenvalue weighted by molar-refractivity contribution is 0.0600. The van der Waals surface area contributed by atoms with Crippen LogP contribution in [0.3, 0.4) is 0 Å². The molecule has 29 heavy (non-hydrogen) atoms. The van der Waals surface area contributed by atoms with E-state index in [1.54, 1.807) is 28.8 Å².